The molecule has 0 radical (unpaired) electrons. The number of benzene rings is 1. The Hall–Kier alpha value is -3.02. The molecule has 0 amide bonds. The van der Waals surface area contributed by atoms with Crippen LogP contribution in [0.3, 0.4) is 0 Å². The summed E-state index contributed by atoms with van der Waals surface area (Å²) in [7, 11) is 2.48. The number of carbonyl (C=O) groups is 4. The molecule has 0 fully saturated rings. The Morgan fingerprint density at radius 2 is 1.08 bits per heavy atom. The number of hydrogen-bond acceptors (Lipinski definition) is 6. The Morgan fingerprint density at radius 3 is 1.33 bits per heavy atom. The predicted octanol–water partition coefficient (Wildman–Crippen LogP) is 2.46. The number of hydrogen-bond donors (Lipinski definition) is 0. The van der Waals surface area contributed by atoms with Crippen molar-refractivity contribution in [3.05, 3.63) is 46.5 Å². The molecule has 24 heavy (non-hydrogen) atoms. The van der Waals surface area contributed by atoms with E-state index in [9.17, 15) is 19.2 Å². The number of carbonyl (C=O) groups excluding carboxylic acids is 4. The summed E-state index contributed by atoms with van der Waals surface area (Å²) in [6.45, 7) is 2.69. The van der Waals surface area contributed by atoms with Crippen molar-refractivity contribution in [1.82, 2.24) is 0 Å². The van der Waals surface area contributed by atoms with Crippen LogP contribution in [0.15, 0.2) is 24.3 Å². The average molecular weight is 330 g/mol. The Labute approximate surface area is 139 Å². The van der Waals surface area contributed by atoms with Gasteiger partial charge in [-0.25, -0.2) is 9.59 Å². The van der Waals surface area contributed by atoms with E-state index in [0.717, 1.165) is 0 Å². The number of rotatable bonds is 6. The van der Waals surface area contributed by atoms with Crippen LogP contribution in [0.25, 0.3) is 12.2 Å². The molecule has 0 aliphatic heterocycles. The lowest BCUT2D eigenvalue weighted by molar-refractivity contribution is -0.135. The molecule has 6 heteroatoms. The first-order valence-electron chi connectivity index (χ1n) is 7.02. The van der Waals surface area contributed by atoms with Gasteiger partial charge >= 0.3 is 11.9 Å². The summed E-state index contributed by atoms with van der Waals surface area (Å²) in [6, 6.07) is 2.99. The third kappa shape index (κ3) is 5.01. The van der Waals surface area contributed by atoms with E-state index >= 15 is 0 Å². The monoisotopic (exact) mass is 330 g/mol. The van der Waals surface area contributed by atoms with E-state index in [1.165, 1.54) is 64.5 Å². The highest BCUT2D eigenvalue weighted by atomic mass is 16.5. The maximum atomic E-state index is 11.8. The van der Waals surface area contributed by atoms with Crippen molar-refractivity contribution < 1.29 is 28.7 Å². The van der Waals surface area contributed by atoms with Crippen LogP contribution in [-0.2, 0) is 19.1 Å². The molecule has 6 nitrogen and oxygen atoms in total. The van der Waals surface area contributed by atoms with E-state index in [1.54, 1.807) is 0 Å². The molecule has 0 aliphatic rings. The van der Waals surface area contributed by atoms with Crippen LogP contribution in [0.2, 0.25) is 0 Å². The lowest BCUT2D eigenvalue weighted by Crippen LogP contribution is -2.06. The Morgan fingerprint density at radius 1 is 0.750 bits per heavy atom. The summed E-state index contributed by atoms with van der Waals surface area (Å²) in [5.74, 6) is -1.70. The molecule has 0 aromatic heterocycles. The number of esters is 2. The molecule has 0 unspecified atom stereocenters. The van der Waals surface area contributed by atoms with Gasteiger partial charge in [0.2, 0.25) is 0 Å². The molecule has 0 N–H and O–H groups in total. The van der Waals surface area contributed by atoms with E-state index in [1.807, 2.05) is 0 Å². The molecular formula is C18H18O6. The second kappa shape index (κ2) is 8.57. The molecule has 1 aromatic carbocycles. The van der Waals surface area contributed by atoms with Crippen LogP contribution < -0.4 is 0 Å². The first kappa shape index (κ1) is 19.0. The minimum Gasteiger partial charge on any atom is -0.466 e. The van der Waals surface area contributed by atoms with Gasteiger partial charge in [-0.1, -0.05) is 0 Å². The van der Waals surface area contributed by atoms with E-state index in [2.05, 4.69) is 9.47 Å². The first-order chi connectivity index (χ1) is 11.3. The van der Waals surface area contributed by atoms with Crippen molar-refractivity contribution in [2.24, 2.45) is 0 Å². The molecule has 1 aromatic rings. The van der Waals surface area contributed by atoms with Crippen LogP contribution in [0.1, 0.15) is 45.7 Å². The van der Waals surface area contributed by atoms with Crippen LogP contribution in [0.5, 0.6) is 0 Å². The topological polar surface area (TPSA) is 86.7 Å². The fourth-order valence-electron chi connectivity index (χ4n) is 1.96. The number of Topliss-reactive ketones (excluding diaryl/α,β-unsaturated/α-hetero) is 2. The van der Waals surface area contributed by atoms with Crippen molar-refractivity contribution in [2.75, 3.05) is 14.2 Å². The van der Waals surface area contributed by atoms with Gasteiger partial charge in [0.05, 0.1) is 14.2 Å². The van der Waals surface area contributed by atoms with Gasteiger partial charge in [-0.15, -0.1) is 0 Å². The van der Waals surface area contributed by atoms with Crippen molar-refractivity contribution in [2.45, 2.75) is 13.8 Å². The number of ketones is 2. The zero-order valence-corrected chi connectivity index (χ0v) is 13.9. The Balaban J connectivity index is 3.53. The summed E-state index contributed by atoms with van der Waals surface area (Å²) in [5, 5.41) is 0. The summed E-state index contributed by atoms with van der Waals surface area (Å²) in [6.07, 6.45) is 5.25. The molecule has 0 spiro atoms. The molecule has 0 saturated heterocycles. The summed E-state index contributed by atoms with van der Waals surface area (Å²) >= 11 is 0. The van der Waals surface area contributed by atoms with Gasteiger partial charge in [0.25, 0.3) is 0 Å². The van der Waals surface area contributed by atoms with Gasteiger partial charge in [0.15, 0.2) is 11.6 Å². The standard InChI is InChI=1S/C18H18O6/c1-11(19)15-9-13(5-7-17(21)23-3)14(6-8-18(22)24-4)10-16(15)12(2)20/h5-10H,1-4H3/b7-5-,8-6+. The second-order valence-corrected chi connectivity index (χ2v) is 4.85. The normalized spacial score (nSPS) is 10.8. The Kier molecular flexibility index (Phi) is 6.79. The molecule has 0 aliphatic carbocycles. The van der Waals surface area contributed by atoms with Gasteiger partial charge in [-0.05, 0) is 49.3 Å². The number of methoxy groups -OCH3 is 2. The summed E-state index contributed by atoms with van der Waals surface area (Å²) < 4.78 is 9.06. The fourth-order valence-corrected chi connectivity index (χ4v) is 1.96. The van der Waals surface area contributed by atoms with E-state index < -0.39 is 11.9 Å². The first-order valence-corrected chi connectivity index (χ1v) is 7.02. The molecule has 1 rings (SSSR count). The zero-order chi connectivity index (χ0) is 18.3. The predicted molar refractivity (Wildman–Crippen MR) is 88.6 cm³/mol. The van der Waals surface area contributed by atoms with Crippen molar-refractivity contribution in [3.8, 4) is 0 Å². The highest BCUT2D eigenvalue weighted by molar-refractivity contribution is 6.08. The van der Waals surface area contributed by atoms with Crippen molar-refractivity contribution in [3.63, 3.8) is 0 Å². The lowest BCUT2D eigenvalue weighted by Gasteiger charge is -2.09. The van der Waals surface area contributed by atoms with E-state index in [0.29, 0.717) is 11.1 Å². The van der Waals surface area contributed by atoms with E-state index in [-0.39, 0.29) is 22.7 Å². The third-order valence-electron chi connectivity index (χ3n) is 3.18. The van der Waals surface area contributed by atoms with Gasteiger partial charge in [-0.2, -0.15) is 0 Å². The van der Waals surface area contributed by atoms with Crippen LogP contribution >= 0.6 is 0 Å². The lowest BCUT2D eigenvalue weighted by atomic mass is 9.93. The van der Waals surface area contributed by atoms with Gasteiger partial charge < -0.3 is 9.47 Å². The second-order valence-electron chi connectivity index (χ2n) is 4.85. The van der Waals surface area contributed by atoms with Crippen molar-refractivity contribution >= 4 is 35.7 Å². The van der Waals surface area contributed by atoms with Crippen molar-refractivity contribution in [1.29, 1.82) is 0 Å². The molecular weight excluding hydrogens is 312 g/mol. The van der Waals surface area contributed by atoms with Crippen LogP contribution in [0, 0.1) is 0 Å². The number of ether oxygens (including phenoxy) is 2. The average Bonchev–Trinajstić information content (AvgIpc) is 2.56. The van der Waals surface area contributed by atoms with Gasteiger partial charge in [-0.3, -0.25) is 9.59 Å². The summed E-state index contributed by atoms with van der Waals surface area (Å²) in [4.78, 5) is 46.1. The van der Waals surface area contributed by atoms with Crippen LogP contribution in [-0.4, -0.2) is 37.7 Å². The minimum absolute atomic E-state index is 0.238. The minimum atomic E-state index is -0.571. The van der Waals surface area contributed by atoms with Crippen LogP contribution in [0.4, 0.5) is 0 Å². The smallest absolute Gasteiger partial charge is 0.330 e. The SMILES string of the molecule is COC(=O)/C=C\c1cc(C(C)=O)c(C(C)=O)cc1/C=C/C(=O)OC. The molecule has 0 saturated carbocycles. The largest absolute Gasteiger partial charge is 0.466 e. The third-order valence-corrected chi connectivity index (χ3v) is 3.18. The molecule has 0 bridgehead atoms. The highest BCUT2D eigenvalue weighted by Gasteiger charge is 2.14. The molecule has 0 atom stereocenters. The van der Waals surface area contributed by atoms with Gasteiger partial charge in [0, 0.05) is 23.3 Å². The fraction of sp³-hybridized carbons (Fsp3) is 0.222. The molecule has 0 heterocycles. The molecule has 126 valence electrons. The Bertz CT molecular complexity index is 677. The van der Waals surface area contributed by atoms with E-state index in [4.69, 9.17) is 0 Å². The maximum Gasteiger partial charge on any atom is 0.330 e. The zero-order valence-electron chi connectivity index (χ0n) is 13.9. The van der Waals surface area contributed by atoms with Gasteiger partial charge in [0.1, 0.15) is 0 Å². The quantitative estimate of drug-likeness (QED) is 0.452. The highest BCUT2D eigenvalue weighted by Crippen LogP contribution is 2.21. The summed E-state index contributed by atoms with van der Waals surface area (Å²) in [5.41, 5.74) is 1.44. The maximum absolute atomic E-state index is 11.8.